The Bertz CT molecular complexity index is 1090. The van der Waals surface area contributed by atoms with Gasteiger partial charge in [-0.25, -0.2) is 9.50 Å². The molecule has 1 unspecified atom stereocenters. The van der Waals surface area contributed by atoms with Crippen LogP contribution in [-0.4, -0.2) is 33.7 Å². The average Bonchev–Trinajstić information content (AvgIpc) is 3.11. The van der Waals surface area contributed by atoms with Crippen molar-refractivity contribution in [1.29, 1.82) is 0 Å². The van der Waals surface area contributed by atoms with E-state index in [9.17, 15) is 4.79 Å². The fourth-order valence-corrected chi connectivity index (χ4v) is 4.01. The highest BCUT2D eigenvalue weighted by atomic mass is 16.6. The molecule has 1 aromatic carbocycles. The van der Waals surface area contributed by atoms with Crippen LogP contribution < -0.4 is 14.8 Å². The molecule has 4 rings (SSSR count). The normalized spacial score (nSPS) is 14.0. The third-order valence-corrected chi connectivity index (χ3v) is 5.60. The van der Waals surface area contributed by atoms with Crippen molar-refractivity contribution in [2.24, 2.45) is 0 Å². The lowest BCUT2D eigenvalue weighted by atomic mass is 10.0. The lowest BCUT2D eigenvalue weighted by Gasteiger charge is -2.22. The van der Waals surface area contributed by atoms with Crippen molar-refractivity contribution in [2.45, 2.75) is 53.0 Å². The van der Waals surface area contributed by atoms with Gasteiger partial charge in [-0.3, -0.25) is 4.79 Å². The molecule has 7 nitrogen and oxygen atoms in total. The Kier molecular flexibility index (Phi) is 5.61. The summed E-state index contributed by atoms with van der Waals surface area (Å²) >= 11 is 0. The molecule has 1 atom stereocenters. The summed E-state index contributed by atoms with van der Waals surface area (Å²) in [4.78, 5) is 17.4. The van der Waals surface area contributed by atoms with Gasteiger partial charge in [0.1, 0.15) is 13.2 Å². The van der Waals surface area contributed by atoms with Crippen molar-refractivity contribution >= 4 is 11.6 Å². The summed E-state index contributed by atoms with van der Waals surface area (Å²) in [6.07, 6.45) is 1.82. The zero-order valence-electron chi connectivity index (χ0n) is 18.0. The van der Waals surface area contributed by atoms with Crippen LogP contribution in [0, 0.1) is 20.8 Å². The van der Waals surface area contributed by atoms with Crippen LogP contribution in [-0.2, 0) is 11.2 Å². The van der Waals surface area contributed by atoms with Crippen molar-refractivity contribution in [1.82, 2.24) is 19.9 Å². The van der Waals surface area contributed by atoms with Crippen molar-refractivity contribution < 1.29 is 14.3 Å². The molecule has 3 heterocycles. The molecule has 158 valence electrons. The van der Waals surface area contributed by atoms with Crippen molar-refractivity contribution in [2.75, 3.05) is 13.2 Å². The van der Waals surface area contributed by atoms with E-state index in [-0.39, 0.29) is 11.9 Å². The van der Waals surface area contributed by atoms with Crippen LogP contribution in [0.15, 0.2) is 24.3 Å². The number of nitrogens with one attached hydrogen (secondary N) is 1. The predicted molar refractivity (Wildman–Crippen MR) is 114 cm³/mol. The number of carbonyl (C=O) groups is 1. The molecule has 1 N–H and O–H groups in total. The zero-order valence-corrected chi connectivity index (χ0v) is 18.0. The molecule has 0 aliphatic carbocycles. The summed E-state index contributed by atoms with van der Waals surface area (Å²) < 4.78 is 13.1. The second kappa shape index (κ2) is 8.34. The zero-order chi connectivity index (χ0) is 21.3. The number of nitrogens with zero attached hydrogens (tertiary/aromatic N) is 3. The van der Waals surface area contributed by atoms with Crippen LogP contribution in [0.1, 0.15) is 54.0 Å². The van der Waals surface area contributed by atoms with Gasteiger partial charge in [0.15, 0.2) is 17.1 Å². The third kappa shape index (κ3) is 3.97. The first kappa shape index (κ1) is 20.2. The van der Waals surface area contributed by atoms with E-state index in [1.807, 2.05) is 49.6 Å². The monoisotopic (exact) mass is 408 g/mol. The molecule has 30 heavy (non-hydrogen) atoms. The number of hydrogen-bond acceptors (Lipinski definition) is 5. The van der Waals surface area contributed by atoms with Crippen LogP contribution in [0.5, 0.6) is 11.5 Å². The standard InChI is InChI=1S/C23H28N4O3/c1-5-19(17-6-8-20-21(13-17)30-11-10-29-20)25-23(28)9-7-18-15(3)24-22-12-14(2)26-27(22)16(18)4/h6,8,12-13,19H,5,7,9-11H2,1-4H3,(H,25,28). The Morgan fingerprint density at radius 3 is 2.70 bits per heavy atom. The molecule has 0 saturated heterocycles. The highest BCUT2D eigenvalue weighted by Gasteiger charge is 2.18. The molecule has 1 aliphatic heterocycles. The summed E-state index contributed by atoms with van der Waals surface area (Å²) in [6.45, 7) is 9.16. The van der Waals surface area contributed by atoms with Gasteiger partial charge in [-0.2, -0.15) is 5.10 Å². The number of ether oxygens (including phenoxy) is 2. The molecule has 2 aromatic heterocycles. The number of rotatable bonds is 6. The summed E-state index contributed by atoms with van der Waals surface area (Å²) in [7, 11) is 0. The highest BCUT2D eigenvalue weighted by molar-refractivity contribution is 5.77. The molecule has 3 aromatic rings. The Morgan fingerprint density at radius 1 is 1.17 bits per heavy atom. The molecule has 0 fully saturated rings. The van der Waals surface area contributed by atoms with Crippen LogP contribution in [0.3, 0.4) is 0 Å². The van der Waals surface area contributed by atoms with Crippen molar-refractivity contribution in [3.63, 3.8) is 0 Å². The fourth-order valence-electron chi connectivity index (χ4n) is 4.01. The summed E-state index contributed by atoms with van der Waals surface area (Å²) in [5.41, 5.74) is 5.88. The summed E-state index contributed by atoms with van der Waals surface area (Å²) in [5.74, 6) is 1.52. The van der Waals surface area contributed by atoms with Gasteiger partial charge in [0.25, 0.3) is 0 Å². The Morgan fingerprint density at radius 2 is 1.93 bits per heavy atom. The lowest BCUT2D eigenvalue weighted by molar-refractivity contribution is -0.121. The number of aromatic nitrogens is 3. The SMILES string of the molecule is CCC(NC(=O)CCc1c(C)nc2cc(C)nn2c1C)c1ccc2c(c1)OCCO2. The first-order valence-electron chi connectivity index (χ1n) is 10.5. The minimum absolute atomic E-state index is 0.0206. The van der Waals surface area contributed by atoms with Gasteiger partial charge in [-0.15, -0.1) is 0 Å². The van der Waals surface area contributed by atoms with Gasteiger partial charge in [-0.05, 0) is 56.9 Å². The average molecular weight is 409 g/mol. The molecule has 0 spiro atoms. The molecule has 0 radical (unpaired) electrons. The lowest BCUT2D eigenvalue weighted by Crippen LogP contribution is -2.28. The van der Waals surface area contributed by atoms with E-state index in [1.54, 1.807) is 0 Å². The number of aryl methyl sites for hydroxylation is 3. The first-order valence-corrected chi connectivity index (χ1v) is 10.5. The van der Waals surface area contributed by atoms with Crippen LogP contribution in [0.4, 0.5) is 0 Å². The quantitative estimate of drug-likeness (QED) is 0.674. The maximum absolute atomic E-state index is 12.7. The van der Waals surface area contributed by atoms with Gasteiger partial charge in [0, 0.05) is 23.9 Å². The number of benzene rings is 1. The van der Waals surface area contributed by atoms with Gasteiger partial charge >= 0.3 is 0 Å². The molecular weight excluding hydrogens is 380 g/mol. The van der Waals surface area contributed by atoms with Gasteiger partial charge in [0.05, 0.1) is 11.7 Å². The highest BCUT2D eigenvalue weighted by Crippen LogP contribution is 2.33. The number of carbonyl (C=O) groups excluding carboxylic acids is 1. The van der Waals surface area contributed by atoms with E-state index in [0.29, 0.717) is 26.1 Å². The Labute approximate surface area is 176 Å². The van der Waals surface area contributed by atoms with E-state index < -0.39 is 0 Å². The molecule has 1 amide bonds. The molecule has 0 saturated carbocycles. The molecular formula is C23H28N4O3. The van der Waals surface area contributed by atoms with Gasteiger partial charge in [0.2, 0.25) is 5.91 Å². The third-order valence-electron chi connectivity index (χ3n) is 5.60. The van der Waals surface area contributed by atoms with Gasteiger partial charge in [-0.1, -0.05) is 13.0 Å². The largest absolute Gasteiger partial charge is 0.486 e. The van der Waals surface area contributed by atoms with Crippen LogP contribution in [0.25, 0.3) is 5.65 Å². The first-order chi connectivity index (χ1) is 14.5. The Balaban J connectivity index is 1.44. The van der Waals surface area contributed by atoms with Gasteiger partial charge < -0.3 is 14.8 Å². The van der Waals surface area contributed by atoms with E-state index >= 15 is 0 Å². The number of fused-ring (bicyclic) bond motifs is 2. The molecule has 1 aliphatic rings. The summed E-state index contributed by atoms with van der Waals surface area (Å²) in [6, 6.07) is 7.78. The Hall–Kier alpha value is -3.09. The molecule has 0 bridgehead atoms. The topological polar surface area (TPSA) is 77.8 Å². The number of hydrogen-bond donors (Lipinski definition) is 1. The fraction of sp³-hybridized carbons (Fsp3) is 0.435. The maximum Gasteiger partial charge on any atom is 0.220 e. The smallest absolute Gasteiger partial charge is 0.220 e. The van der Waals surface area contributed by atoms with E-state index in [0.717, 1.165) is 51.8 Å². The van der Waals surface area contributed by atoms with E-state index in [4.69, 9.17) is 9.47 Å². The number of amides is 1. The second-order valence-corrected chi connectivity index (χ2v) is 7.75. The second-order valence-electron chi connectivity index (χ2n) is 7.75. The maximum atomic E-state index is 12.7. The van der Waals surface area contributed by atoms with E-state index in [2.05, 4.69) is 22.3 Å². The van der Waals surface area contributed by atoms with Crippen molar-refractivity contribution in [3.05, 3.63) is 52.5 Å². The summed E-state index contributed by atoms with van der Waals surface area (Å²) in [5, 5.41) is 7.67. The minimum atomic E-state index is -0.0649. The van der Waals surface area contributed by atoms with E-state index in [1.165, 1.54) is 0 Å². The van der Waals surface area contributed by atoms with Crippen molar-refractivity contribution in [3.8, 4) is 11.5 Å². The van der Waals surface area contributed by atoms with Crippen LogP contribution in [0.2, 0.25) is 0 Å². The minimum Gasteiger partial charge on any atom is -0.486 e. The predicted octanol–water partition coefficient (Wildman–Crippen LogP) is 3.63. The van der Waals surface area contributed by atoms with Crippen LogP contribution >= 0.6 is 0 Å². The molecule has 7 heteroatoms.